The number of carbonyl (C=O) groups is 1. The molecule has 2 aromatic carbocycles. The summed E-state index contributed by atoms with van der Waals surface area (Å²) in [5.74, 6) is -1.82. The van der Waals surface area contributed by atoms with Gasteiger partial charge in [-0.2, -0.15) is 4.31 Å². The lowest BCUT2D eigenvalue weighted by atomic mass is 10.1. The number of carbonyl (C=O) groups excluding carboxylic acids is 1. The van der Waals surface area contributed by atoms with Gasteiger partial charge >= 0.3 is 12.7 Å². The van der Waals surface area contributed by atoms with Gasteiger partial charge in [0, 0.05) is 26.2 Å². The van der Waals surface area contributed by atoms with Gasteiger partial charge < -0.3 is 30.5 Å². The van der Waals surface area contributed by atoms with Crippen molar-refractivity contribution in [3.8, 4) is 11.5 Å². The highest BCUT2D eigenvalue weighted by atomic mass is 32.2. The van der Waals surface area contributed by atoms with Crippen molar-refractivity contribution in [2.75, 3.05) is 30.3 Å². The smallest absolute Gasteiger partial charge is 0.406 e. The SMILES string of the molecule is Nc1nc(N2CCN(S(=O)(=O)c3ccc(OC(F)(F)F)cc3)[C@@H](C(=O)NCc3ccc(OC(F)(F)F)cc3)C2)cnc1CO. The predicted octanol–water partition coefficient (Wildman–Crippen LogP) is 2.54. The molecule has 1 aliphatic heterocycles. The zero-order chi connectivity index (χ0) is 32.3. The van der Waals surface area contributed by atoms with Crippen molar-refractivity contribution in [3.63, 3.8) is 0 Å². The van der Waals surface area contributed by atoms with Crippen molar-refractivity contribution in [1.82, 2.24) is 19.6 Å². The molecule has 1 atom stereocenters. The fourth-order valence-electron chi connectivity index (χ4n) is 4.23. The van der Waals surface area contributed by atoms with Crippen molar-refractivity contribution < 1.29 is 54.1 Å². The van der Waals surface area contributed by atoms with Gasteiger partial charge in [0.2, 0.25) is 15.9 Å². The van der Waals surface area contributed by atoms with E-state index in [-0.39, 0.29) is 43.5 Å². The number of sulfonamides is 1. The van der Waals surface area contributed by atoms with E-state index in [0.717, 1.165) is 40.7 Å². The largest absolute Gasteiger partial charge is 0.573 e. The van der Waals surface area contributed by atoms with Crippen LogP contribution in [0.5, 0.6) is 11.5 Å². The van der Waals surface area contributed by atoms with Gasteiger partial charge in [0.05, 0.1) is 17.7 Å². The molecule has 1 aliphatic rings. The Bertz CT molecular complexity index is 1570. The summed E-state index contributed by atoms with van der Waals surface area (Å²) >= 11 is 0. The number of alkyl halides is 6. The minimum absolute atomic E-state index is 0.00549. The van der Waals surface area contributed by atoms with Crippen molar-refractivity contribution in [3.05, 3.63) is 66.0 Å². The van der Waals surface area contributed by atoms with Crippen LogP contribution in [0.3, 0.4) is 0 Å². The third kappa shape index (κ3) is 8.17. The Hall–Kier alpha value is -4.36. The van der Waals surface area contributed by atoms with Crippen molar-refractivity contribution in [2.45, 2.75) is 36.8 Å². The number of aromatic nitrogens is 2. The van der Waals surface area contributed by atoms with E-state index >= 15 is 0 Å². The molecule has 1 fully saturated rings. The Morgan fingerprint density at radius 3 is 2.07 bits per heavy atom. The van der Waals surface area contributed by atoms with Crippen LogP contribution in [0.25, 0.3) is 0 Å². The molecule has 0 unspecified atom stereocenters. The molecule has 0 radical (unpaired) electrons. The zero-order valence-corrected chi connectivity index (χ0v) is 23.2. The number of rotatable bonds is 9. The summed E-state index contributed by atoms with van der Waals surface area (Å²) in [7, 11) is -4.45. The van der Waals surface area contributed by atoms with E-state index in [9.17, 15) is 44.7 Å². The Kier molecular flexibility index (Phi) is 9.40. The van der Waals surface area contributed by atoms with Crippen LogP contribution in [0, 0.1) is 0 Å². The lowest BCUT2D eigenvalue weighted by molar-refractivity contribution is -0.275. The maximum Gasteiger partial charge on any atom is 0.573 e. The highest BCUT2D eigenvalue weighted by molar-refractivity contribution is 7.89. The number of nitrogens with one attached hydrogen (secondary N) is 1. The van der Waals surface area contributed by atoms with E-state index in [2.05, 4.69) is 24.8 Å². The first-order valence-corrected chi connectivity index (χ1v) is 14.0. The van der Waals surface area contributed by atoms with Crippen LogP contribution in [0.2, 0.25) is 0 Å². The number of benzene rings is 2. The number of piperazine rings is 1. The first kappa shape index (κ1) is 32.6. The molecule has 0 bridgehead atoms. The third-order valence-electron chi connectivity index (χ3n) is 6.26. The van der Waals surface area contributed by atoms with E-state index in [1.807, 2.05) is 0 Å². The van der Waals surface area contributed by atoms with Gasteiger partial charge in [-0.1, -0.05) is 12.1 Å². The van der Waals surface area contributed by atoms with E-state index in [0.29, 0.717) is 5.56 Å². The van der Waals surface area contributed by atoms with Gasteiger partial charge in [-0.15, -0.1) is 26.3 Å². The molecule has 4 N–H and O–H groups in total. The number of ether oxygens (including phenoxy) is 2. The van der Waals surface area contributed by atoms with Crippen LogP contribution in [0.15, 0.2) is 59.6 Å². The van der Waals surface area contributed by atoms with E-state index in [4.69, 9.17) is 5.73 Å². The van der Waals surface area contributed by atoms with Crippen molar-refractivity contribution in [2.24, 2.45) is 0 Å². The summed E-state index contributed by atoms with van der Waals surface area (Å²) in [6.07, 6.45) is -8.60. The molecule has 2 heterocycles. The number of hydrogen-bond donors (Lipinski definition) is 3. The van der Waals surface area contributed by atoms with Crippen LogP contribution in [-0.2, 0) is 28.0 Å². The number of nitrogens with two attached hydrogens (primary N) is 1. The Labute approximate surface area is 246 Å². The van der Waals surface area contributed by atoms with Gasteiger partial charge in [-0.25, -0.2) is 13.4 Å². The quantitative estimate of drug-likeness (QED) is 0.294. The highest BCUT2D eigenvalue weighted by Crippen LogP contribution is 2.28. The van der Waals surface area contributed by atoms with Crippen LogP contribution < -0.4 is 25.4 Å². The highest BCUT2D eigenvalue weighted by Gasteiger charge is 2.41. The predicted molar refractivity (Wildman–Crippen MR) is 140 cm³/mol. The van der Waals surface area contributed by atoms with Crippen molar-refractivity contribution in [1.29, 1.82) is 0 Å². The summed E-state index contributed by atoms with van der Waals surface area (Å²) in [5.41, 5.74) is 6.29. The number of anilines is 2. The lowest BCUT2D eigenvalue weighted by Crippen LogP contribution is -2.60. The number of aliphatic hydroxyl groups is 1. The molecule has 3 aromatic rings. The van der Waals surface area contributed by atoms with Crippen LogP contribution in [0.1, 0.15) is 11.3 Å². The number of hydrogen-bond acceptors (Lipinski definition) is 10. The summed E-state index contributed by atoms with van der Waals surface area (Å²) in [5, 5.41) is 11.9. The van der Waals surface area contributed by atoms with E-state index < -0.39 is 57.7 Å². The van der Waals surface area contributed by atoms with E-state index in [1.54, 1.807) is 0 Å². The second kappa shape index (κ2) is 12.7. The molecule has 19 heteroatoms. The first-order valence-electron chi connectivity index (χ1n) is 12.5. The molecular weight excluding hydrogens is 626 g/mol. The van der Waals surface area contributed by atoms with E-state index in [1.165, 1.54) is 23.2 Å². The fourth-order valence-corrected chi connectivity index (χ4v) is 5.80. The molecule has 1 amide bonds. The van der Waals surface area contributed by atoms with Gasteiger partial charge in [0.15, 0.2) is 0 Å². The third-order valence-corrected chi connectivity index (χ3v) is 8.18. The fraction of sp³-hybridized carbons (Fsp3) is 0.320. The molecule has 0 spiro atoms. The van der Waals surface area contributed by atoms with Gasteiger partial charge in [0.1, 0.15) is 34.9 Å². The average molecular weight is 651 g/mol. The maximum absolute atomic E-state index is 13.6. The normalized spacial score (nSPS) is 16.4. The molecule has 238 valence electrons. The van der Waals surface area contributed by atoms with Crippen LogP contribution in [-0.4, -0.2) is 72.1 Å². The van der Waals surface area contributed by atoms with Gasteiger partial charge in [0.25, 0.3) is 0 Å². The number of nitrogen functional groups attached to an aromatic ring is 1. The molecule has 12 nitrogen and oxygen atoms in total. The lowest BCUT2D eigenvalue weighted by Gasteiger charge is -2.40. The molecule has 0 saturated carbocycles. The molecule has 0 aliphatic carbocycles. The Balaban J connectivity index is 1.57. The van der Waals surface area contributed by atoms with Crippen LogP contribution >= 0.6 is 0 Å². The standard InChI is InChI=1S/C25H24F6N6O6S/c26-24(27,28)42-16-3-1-15(2-4-16)11-34-23(39)20-13-36(21-12-33-19(14-38)22(32)35-21)9-10-37(20)44(40,41)18-7-5-17(6-8-18)43-25(29,30)31/h1-8,12,20,38H,9-11,13-14H2,(H2,32,35)(H,34,39)/t20-/m1/s1. The summed E-state index contributed by atoms with van der Waals surface area (Å²) in [6.45, 7) is -1.20. The Morgan fingerprint density at radius 2 is 1.55 bits per heavy atom. The first-order chi connectivity index (χ1) is 20.6. The summed E-state index contributed by atoms with van der Waals surface area (Å²) < 4.78 is 111. The summed E-state index contributed by atoms with van der Waals surface area (Å²) in [6, 6.07) is 6.66. The second-order valence-corrected chi connectivity index (χ2v) is 11.1. The molecule has 44 heavy (non-hydrogen) atoms. The number of amides is 1. The number of nitrogens with zero attached hydrogens (tertiary/aromatic N) is 4. The van der Waals surface area contributed by atoms with Crippen molar-refractivity contribution >= 4 is 27.6 Å². The number of halogens is 6. The molecular formula is C25H24F6N6O6S. The molecule has 4 rings (SSSR count). The second-order valence-electron chi connectivity index (χ2n) is 9.22. The Morgan fingerprint density at radius 1 is 0.977 bits per heavy atom. The summed E-state index contributed by atoms with van der Waals surface area (Å²) in [4.78, 5) is 22.7. The van der Waals surface area contributed by atoms with Gasteiger partial charge in [-0.05, 0) is 42.0 Å². The number of aliphatic hydroxyl groups excluding tert-OH is 1. The minimum Gasteiger partial charge on any atom is -0.406 e. The molecule has 1 aromatic heterocycles. The monoisotopic (exact) mass is 650 g/mol. The topological polar surface area (TPSA) is 160 Å². The average Bonchev–Trinajstić information content (AvgIpc) is 2.95. The van der Waals surface area contributed by atoms with Gasteiger partial charge in [-0.3, -0.25) is 9.78 Å². The minimum atomic E-state index is -4.99. The molecule has 1 saturated heterocycles. The zero-order valence-electron chi connectivity index (χ0n) is 22.3. The van der Waals surface area contributed by atoms with Crippen LogP contribution in [0.4, 0.5) is 38.0 Å². The maximum atomic E-state index is 13.6.